The number of allylic oxidation sites excluding steroid dienone is 2. The zero-order valence-electron chi connectivity index (χ0n) is 9.51. The third-order valence-electron chi connectivity index (χ3n) is 2.42. The summed E-state index contributed by atoms with van der Waals surface area (Å²) in [5.74, 6) is 0.921. The predicted molar refractivity (Wildman–Crippen MR) is 69.8 cm³/mol. The van der Waals surface area contributed by atoms with Crippen LogP contribution in [0.3, 0.4) is 0 Å². The fourth-order valence-electron chi connectivity index (χ4n) is 1.59. The molecule has 1 aromatic rings. The molecule has 0 aliphatic heterocycles. The van der Waals surface area contributed by atoms with E-state index in [1.807, 2.05) is 6.07 Å². The number of ether oxygens (including phenoxy) is 1. The molecule has 2 heteroatoms. The smallest absolute Gasteiger partial charge is 0.119 e. The van der Waals surface area contributed by atoms with Crippen LogP contribution in [0.4, 0.5) is 0 Å². The monoisotopic (exact) mass is 268 g/mol. The quantitative estimate of drug-likeness (QED) is 0.744. The van der Waals surface area contributed by atoms with E-state index in [0.717, 1.165) is 17.5 Å². The highest BCUT2D eigenvalue weighted by Gasteiger charge is 2.01. The largest absolute Gasteiger partial charge is 0.497 e. The number of methoxy groups -OCH3 is 1. The Labute approximate surface area is 100 Å². The molecule has 0 radical (unpaired) electrons. The summed E-state index contributed by atoms with van der Waals surface area (Å²) in [4.78, 5) is 0. The molecule has 0 bridgehead atoms. The summed E-state index contributed by atoms with van der Waals surface area (Å²) in [5, 5.41) is 1.01. The molecule has 0 amide bonds. The van der Waals surface area contributed by atoms with Crippen LogP contribution in [-0.4, -0.2) is 12.4 Å². The summed E-state index contributed by atoms with van der Waals surface area (Å²) in [5.41, 5.74) is 3.89. The van der Waals surface area contributed by atoms with E-state index >= 15 is 0 Å². The van der Waals surface area contributed by atoms with Crippen molar-refractivity contribution in [1.29, 1.82) is 0 Å². The van der Waals surface area contributed by atoms with E-state index in [9.17, 15) is 0 Å². The first kappa shape index (κ1) is 12.3. The molecule has 82 valence electrons. The third-order valence-corrected chi connectivity index (χ3v) is 2.88. The molecule has 1 rings (SSSR count). The van der Waals surface area contributed by atoms with E-state index in [2.05, 4.69) is 48.0 Å². The van der Waals surface area contributed by atoms with Crippen molar-refractivity contribution >= 4 is 21.5 Å². The first-order valence-corrected chi connectivity index (χ1v) is 6.19. The van der Waals surface area contributed by atoms with E-state index in [-0.39, 0.29) is 0 Å². The van der Waals surface area contributed by atoms with Crippen molar-refractivity contribution < 1.29 is 4.74 Å². The lowest BCUT2D eigenvalue weighted by Crippen LogP contribution is -1.89. The highest BCUT2D eigenvalue weighted by Crippen LogP contribution is 2.23. The summed E-state index contributed by atoms with van der Waals surface area (Å²) >= 11 is 3.43. The molecule has 0 aliphatic rings. The van der Waals surface area contributed by atoms with E-state index in [1.54, 1.807) is 7.11 Å². The van der Waals surface area contributed by atoms with Gasteiger partial charge in [-0.3, -0.25) is 0 Å². The first-order chi connectivity index (χ1) is 7.19. The Hall–Kier alpha value is -0.760. The van der Waals surface area contributed by atoms with E-state index < -0.39 is 0 Å². The number of aryl methyl sites for hydroxylation is 1. The van der Waals surface area contributed by atoms with Crippen LogP contribution in [0, 0.1) is 6.92 Å². The molecule has 0 atom stereocenters. The Morgan fingerprint density at radius 3 is 2.73 bits per heavy atom. The van der Waals surface area contributed by atoms with Gasteiger partial charge in [0, 0.05) is 5.33 Å². The minimum atomic E-state index is 0.921. The molecular formula is C13H17BrO. The molecule has 0 fully saturated rings. The van der Waals surface area contributed by atoms with Crippen molar-refractivity contribution in [2.75, 3.05) is 12.4 Å². The number of halogens is 1. The van der Waals surface area contributed by atoms with E-state index in [0.29, 0.717) is 0 Å². The molecule has 0 aliphatic carbocycles. The second-order valence-corrected chi connectivity index (χ2v) is 4.34. The molecule has 0 heterocycles. The molecule has 0 aromatic heterocycles. The highest BCUT2D eigenvalue weighted by molar-refractivity contribution is 9.09. The molecule has 0 unspecified atom stereocenters. The fourth-order valence-corrected chi connectivity index (χ4v) is 1.82. The molecule has 0 spiro atoms. The second-order valence-electron chi connectivity index (χ2n) is 3.55. The lowest BCUT2D eigenvalue weighted by molar-refractivity contribution is 0.414. The van der Waals surface area contributed by atoms with Gasteiger partial charge in [-0.2, -0.15) is 0 Å². The van der Waals surface area contributed by atoms with Crippen LogP contribution in [0.2, 0.25) is 0 Å². The Balaban J connectivity index is 2.95. The van der Waals surface area contributed by atoms with Crippen molar-refractivity contribution in [1.82, 2.24) is 0 Å². The number of alkyl halides is 1. The lowest BCUT2D eigenvalue weighted by atomic mass is 10.0. The van der Waals surface area contributed by atoms with Crippen LogP contribution >= 0.6 is 15.9 Å². The van der Waals surface area contributed by atoms with Gasteiger partial charge in [-0.25, -0.2) is 0 Å². The number of rotatable bonds is 4. The Kier molecular flexibility index (Phi) is 4.89. The van der Waals surface area contributed by atoms with E-state index in [4.69, 9.17) is 4.74 Å². The van der Waals surface area contributed by atoms with Crippen LogP contribution in [0.15, 0.2) is 24.3 Å². The molecule has 0 N–H and O–H groups in total. The van der Waals surface area contributed by atoms with Gasteiger partial charge in [-0.05, 0) is 49.1 Å². The first-order valence-electron chi connectivity index (χ1n) is 5.06. The molecule has 1 aromatic carbocycles. The van der Waals surface area contributed by atoms with Crippen LogP contribution in [0.25, 0.3) is 5.57 Å². The van der Waals surface area contributed by atoms with Gasteiger partial charge in [0.05, 0.1) is 7.11 Å². The number of benzene rings is 1. The summed E-state index contributed by atoms with van der Waals surface area (Å²) < 4.78 is 5.18. The highest BCUT2D eigenvalue weighted by atomic mass is 79.9. The summed E-state index contributed by atoms with van der Waals surface area (Å²) in [6.45, 7) is 4.26. The maximum absolute atomic E-state index is 5.18. The zero-order valence-corrected chi connectivity index (χ0v) is 11.1. The summed E-state index contributed by atoms with van der Waals surface area (Å²) in [6, 6.07) is 6.20. The van der Waals surface area contributed by atoms with Crippen LogP contribution in [0.5, 0.6) is 5.75 Å². The lowest BCUT2D eigenvalue weighted by Gasteiger charge is -2.08. The SMILES string of the molecule is COc1ccc(C(C)=CCCBr)c(C)c1. The third kappa shape index (κ3) is 3.38. The van der Waals surface area contributed by atoms with Crippen molar-refractivity contribution in [2.45, 2.75) is 20.3 Å². The molecule has 0 saturated heterocycles. The van der Waals surface area contributed by atoms with Crippen molar-refractivity contribution in [2.24, 2.45) is 0 Å². The summed E-state index contributed by atoms with van der Waals surface area (Å²) in [7, 11) is 1.70. The fraction of sp³-hybridized carbons (Fsp3) is 0.385. The molecule has 1 nitrogen and oxygen atoms in total. The molecule has 15 heavy (non-hydrogen) atoms. The van der Waals surface area contributed by atoms with Crippen molar-refractivity contribution in [3.05, 3.63) is 35.4 Å². The Morgan fingerprint density at radius 2 is 2.20 bits per heavy atom. The Bertz CT molecular complexity index is 356. The minimum absolute atomic E-state index is 0.921. The van der Waals surface area contributed by atoms with Crippen LogP contribution in [-0.2, 0) is 0 Å². The average molecular weight is 269 g/mol. The van der Waals surface area contributed by atoms with Gasteiger partial charge in [0.15, 0.2) is 0 Å². The summed E-state index contributed by atoms with van der Waals surface area (Å²) in [6.07, 6.45) is 3.32. The molecule has 0 saturated carbocycles. The zero-order chi connectivity index (χ0) is 11.3. The molecular weight excluding hydrogens is 252 g/mol. The maximum Gasteiger partial charge on any atom is 0.119 e. The van der Waals surface area contributed by atoms with Crippen molar-refractivity contribution in [3.8, 4) is 5.75 Å². The topological polar surface area (TPSA) is 9.23 Å². The normalized spacial score (nSPS) is 11.6. The van der Waals surface area contributed by atoms with Crippen LogP contribution < -0.4 is 4.74 Å². The van der Waals surface area contributed by atoms with Gasteiger partial charge in [0.1, 0.15) is 5.75 Å². The van der Waals surface area contributed by atoms with Gasteiger partial charge in [0.2, 0.25) is 0 Å². The van der Waals surface area contributed by atoms with Crippen LogP contribution in [0.1, 0.15) is 24.5 Å². The Morgan fingerprint density at radius 1 is 1.47 bits per heavy atom. The predicted octanol–water partition coefficient (Wildman–Crippen LogP) is 4.19. The standard InChI is InChI=1S/C13H17BrO/c1-10(5-4-8-14)13-7-6-12(15-3)9-11(13)2/h5-7,9H,4,8H2,1-3H3. The minimum Gasteiger partial charge on any atom is -0.497 e. The maximum atomic E-state index is 5.18. The average Bonchev–Trinajstić information content (AvgIpc) is 2.25. The van der Waals surface area contributed by atoms with E-state index in [1.165, 1.54) is 16.7 Å². The van der Waals surface area contributed by atoms with Gasteiger partial charge >= 0.3 is 0 Å². The number of hydrogen-bond donors (Lipinski definition) is 0. The van der Waals surface area contributed by atoms with Gasteiger partial charge in [0.25, 0.3) is 0 Å². The number of hydrogen-bond acceptors (Lipinski definition) is 1. The van der Waals surface area contributed by atoms with Gasteiger partial charge < -0.3 is 4.74 Å². The van der Waals surface area contributed by atoms with Gasteiger partial charge in [-0.15, -0.1) is 0 Å². The van der Waals surface area contributed by atoms with Crippen molar-refractivity contribution in [3.63, 3.8) is 0 Å². The van der Waals surface area contributed by atoms with Gasteiger partial charge in [-0.1, -0.05) is 28.1 Å². The second kappa shape index (κ2) is 5.96.